The SMILES string of the molecule is CCC(=O)N[C@H]1CCCN(C(=O)c2ccc(OCC3CC3)nc2)C1. The average Bonchev–Trinajstić information content (AvgIpc) is 3.44. The summed E-state index contributed by atoms with van der Waals surface area (Å²) in [6, 6.07) is 3.58. The smallest absolute Gasteiger partial charge is 0.255 e. The van der Waals surface area contributed by atoms with Gasteiger partial charge in [-0.3, -0.25) is 9.59 Å². The van der Waals surface area contributed by atoms with Crippen LogP contribution in [0.4, 0.5) is 0 Å². The number of pyridine rings is 1. The van der Waals surface area contributed by atoms with Crippen molar-refractivity contribution in [3.05, 3.63) is 23.9 Å². The number of amides is 2. The predicted molar refractivity (Wildman–Crippen MR) is 89.8 cm³/mol. The lowest BCUT2D eigenvalue weighted by Gasteiger charge is -2.33. The van der Waals surface area contributed by atoms with Gasteiger partial charge in [-0.25, -0.2) is 4.98 Å². The van der Waals surface area contributed by atoms with Gasteiger partial charge in [-0.1, -0.05) is 6.92 Å². The highest BCUT2D eigenvalue weighted by molar-refractivity contribution is 5.94. The molecule has 130 valence electrons. The first-order valence-corrected chi connectivity index (χ1v) is 8.83. The fourth-order valence-electron chi connectivity index (χ4n) is 2.87. The van der Waals surface area contributed by atoms with E-state index in [1.54, 1.807) is 23.2 Å². The Kier molecular flexibility index (Phi) is 5.33. The summed E-state index contributed by atoms with van der Waals surface area (Å²) < 4.78 is 5.60. The number of rotatable bonds is 6. The third kappa shape index (κ3) is 4.46. The van der Waals surface area contributed by atoms with Crippen LogP contribution in [0.5, 0.6) is 5.88 Å². The van der Waals surface area contributed by atoms with E-state index in [0.29, 0.717) is 36.9 Å². The number of carbonyl (C=O) groups is 2. The van der Waals surface area contributed by atoms with E-state index in [0.717, 1.165) is 19.4 Å². The van der Waals surface area contributed by atoms with Crippen LogP contribution in [0.3, 0.4) is 0 Å². The van der Waals surface area contributed by atoms with Gasteiger partial charge in [0.05, 0.1) is 12.2 Å². The molecule has 1 saturated heterocycles. The molecule has 1 aliphatic heterocycles. The minimum Gasteiger partial charge on any atom is -0.477 e. The van der Waals surface area contributed by atoms with E-state index >= 15 is 0 Å². The second kappa shape index (κ2) is 7.64. The Morgan fingerprint density at radius 2 is 2.17 bits per heavy atom. The summed E-state index contributed by atoms with van der Waals surface area (Å²) in [5.74, 6) is 1.25. The lowest BCUT2D eigenvalue weighted by Crippen LogP contribution is -2.49. The molecule has 0 radical (unpaired) electrons. The number of ether oxygens (including phenoxy) is 1. The van der Waals surface area contributed by atoms with Crippen LogP contribution < -0.4 is 10.1 Å². The van der Waals surface area contributed by atoms with Crippen molar-refractivity contribution in [3.63, 3.8) is 0 Å². The Morgan fingerprint density at radius 3 is 2.83 bits per heavy atom. The molecule has 24 heavy (non-hydrogen) atoms. The lowest BCUT2D eigenvalue weighted by molar-refractivity contribution is -0.121. The van der Waals surface area contributed by atoms with Crippen LogP contribution in [0, 0.1) is 5.92 Å². The first-order chi connectivity index (χ1) is 11.7. The number of nitrogens with one attached hydrogen (secondary N) is 1. The maximum Gasteiger partial charge on any atom is 0.255 e. The number of nitrogens with zero attached hydrogens (tertiary/aromatic N) is 2. The molecule has 1 aromatic heterocycles. The minimum absolute atomic E-state index is 0.0353. The number of piperidine rings is 1. The summed E-state index contributed by atoms with van der Waals surface area (Å²) in [5, 5.41) is 2.98. The van der Waals surface area contributed by atoms with E-state index in [4.69, 9.17) is 4.74 Å². The van der Waals surface area contributed by atoms with Gasteiger partial charge in [0.2, 0.25) is 11.8 Å². The van der Waals surface area contributed by atoms with Gasteiger partial charge in [0.25, 0.3) is 5.91 Å². The summed E-state index contributed by atoms with van der Waals surface area (Å²) in [4.78, 5) is 30.2. The van der Waals surface area contributed by atoms with Gasteiger partial charge in [-0.15, -0.1) is 0 Å². The number of hydrogen-bond donors (Lipinski definition) is 1. The van der Waals surface area contributed by atoms with Gasteiger partial charge in [0.1, 0.15) is 0 Å². The van der Waals surface area contributed by atoms with Crippen molar-refractivity contribution in [1.29, 1.82) is 0 Å². The average molecular weight is 331 g/mol. The summed E-state index contributed by atoms with van der Waals surface area (Å²) >= 11 is 0. The van der Waals surface area contributed by atoms with E-state index in [1.165, 1.54) is 12.8 Å². The molecule has 1 saturated carbocycles. The molecular formula is C18H25N3O3. The van der Waals surface area contributed by atoms with Crippen molar-refractivity contribution >= 4 is 11.8 Å². The minimum atomic E-state index is -0.0355. The lowest BCUT2D eigenvalue weighted by atomic mass is 10.0. The number of aromatic nitrogens is 1. The maximum atomic E-state index is 12.6. The molecule has 2 heterocycles. The van der Waals surface area contributed by atoms with Crippen LogP contribution in [0.15, 0.2) is 18.3 Å². The van der Waals surface area contributed by atoms with Crippen LogP contribution in [0.25, 0.3) is 0 Å². The highest BCUT2D eigenvalue weighted by atomic mass is 16.5. The van der Waals surface area contributed by atoms with Crippen molar-refractivity contribution in [3.8, 4) is 5.88 Å². The zero-order valence-electron chi connectivity index (χ0n) is 14.2. The Labute approximate surface area is 142 Å². The van der Waals surface area contributed by atoms with Gasteiger partial charge < -0.3 is 15.0 Å². The number of carbonyl (C=O) groups excluding carboxylic acids is 2. The molecule has 0 spiro atoms. The van der Waals surface area contributed by atoms with E-state index < -0.39 is 0 Å². The quantitative estimate of drug-likeness (QED) is 0.865. The monoisotopic (exact) mass is 331 g/mol. The van der Waals surface area contributed by atoms with Crippen molar-refractivity contribution in [2.45, 2.75) is 45.1 Å². The predicted octanol–water partition coefficient (Wildman–Crippen LogP) is 2.00. The van der Waals surface area contributed by atoms with Crippen molar-refractivity contribution < 1.29 is 14.3 Å². The molecule has 2 aliphatic rings. The molecule has 2 fully saturated rings. The molecule has 0 unspecified atom stereocenters. The van der Waals surface area contributed by atoms with Gasteiger partial charge in [0.15, 0.2) is 0 Å². The standard InChI is InChI=1S/C18H25N3O3/c1-2-16(22)20-15-4-3-9-21(11-15)18(23)14-7-8-17(19-10-14)24-12-13-5-6-13/h7-8,10,13,15H,2-6,9,11-12H2,1H3,(H,20,22)/t15-/m0/s1. The molecule has 1 N–H and O–H groups in total. The number of likely N-dealkylation sites (tertiary alicyclic amines) is 1. The van der Waals surface area contributed by atoms with E-state index in [2.05, 4.69) is 10.3 Å². The molecular weight excluding hydrogens is 306 g/mol. The van der Waals surface area contributed by atoms with E-state index in [9.17, 15) is 9.59 Å². The molecule has 6 nitrogen and oxygen atoms in total. The van der Waals surface area contributed by atoms with E-state index in [-0.39, 0.29) is 17.9 Å². The van der Waals surface area contributed by atoms with E-state index in [1.807, 2.05) is 6.92 Å². The highest BCUT2D eigenvalue weighted by Crippen LogP contribution is 2.29. The molecule has 0 aromatic carbocycles. The molecule has 1 aromatic rings. The first kappa shape index (κ1) is 16.7. The Morgan fingerprint density at radius 1 is 1.33 bits per heavy atom. The van der Waals surface area contributed by atoms with Crippen LogP contribution in [0.1, 0.15) is 49.4 Å². The third-order valence-corrected chi connectivity index (χ3v) is 4.54. The van der Waals surface area contributed by atoms with Crippen molar-refractivity contribution in [1.82, 2.24) is 15.2 Å². The second-order valence-electron chi connectivity index (χ2n) is 6.65. The Balaban J connectivity index is 1.55. The Hall–Kier alpha value is -2.11. The van der Waals surface area contributed by atoms with Crippen LogP contribution in [-0.2, 0) is 4.79 Å². The number of hydrogen-bond acceptors (Lipinski definition) is 4. The summed E-state index contributed by atoms with van der Waals surface area (Å²) in [6.45, 7) is 3.83. The highest BCUT2D eigenvalue weighted by Gasteiger charge is 2.26. The Bertz CT molecular complexity index is 584. The van der Waals surface area contributed by atoms with Crippen LogP contribution in [0.2, 0.25) is 0 Å². The molecule has 6 heteroatoms. The molecule has 2 amide bonds. The van der Waals surface area contributed by atoms with Crippen LogP contribution >= 0.6 is 0 Å². The van der Waals surface area contributed by atoms with Crippen molar-refractivity contribution in [2.75, 3.05) is 19.7 Å². The molecule has 1 aliphatic carbocycles. The normalized spacial score (nSPS) is 20.5. The van der Waals surface area contributed by atoms with Gasteiger partial charge in [-0.05, 0) is 37.7 Å². The zero-order valence-corrected chi connectivity index (χ0v) is 14.2. The largest absolute Gasteiger partial charge is 0.477 e. The molecule has 3 rings (SSSR count). The fraction of sp³-hybridized carbons (Fsp3) is 0.611. The topological polar surface area (TPSA) is 71.5 Å². The molecule has 1 atom stereocenters. The third-order valence-electron chi connectivity index (χ3n) is 4.54. The summed E-state index contributed by atoms with van der Waals surface area (Å²) in [5.41, 5.74) is 0.566. The zero-order chi connectivity index (χ0) is 16.9. The summed E-state index contributed by atoms with van der Waals surface area (Å²) in [7, 11) is 0. The van der Waals surface area contributed by atoms with Gasteiger partial charge in [-0.2, -0.15) is 0 Å². The van der Waals surface area contributed by atoms with Gasteiger partial charge in [0, 0.05) is 37.8 Å². The summed E-state index contributed by atoms with van der Waals surface area (Å²) in [6.07, 6.45) is 6.34. The van der Waals surface area contributed by atoms with Crippen molar-refractivity contribution in [2.24, 2.45) is 5.92 Å². The second-order valence-corrected chi connectivity index (χ2v) is 6.65. The van der Waals surface area contributed by atoms with Crippen LogP contribution in [-0.4, -0.2) is 47.4 Å². The maximum absolute atomic E-state index is 12.6. The van der Waals surface area contributed by atoms with Gasteiger partial charge >= 0.3 is 0 Å². The first-order valence-electron chi connectivity index (χ1n) is 8.83. The fourth-order valence-corrected chi connectivity index (χ4v) is 2.87. The molecule has 0 bridgehead atoms.